The zero-order valence-electron chi connectivity index (χ0n) is 3.21. The molecule has 0 nitrogen and oxygen atoms in total. The summed E-state index contributed by atoms with van der Waals surface area (Å²) in [4.78, 5) is 0. The Bertz CT molecular complexity index is 4.35. The maximum atomic E-state index is 0. The monoisotopic (exact) mass is 748 g/mol. The van der Waals surface area contributed by atoms with Crippen LogP contribution < -0.4 is 0 Å². The fourth-order valence-electron chi connectivity index (χ4n) is 0. The van der Waals surface area contributed by atoms with Crippen LogP contribution in [-0.2, 0) is 143 Å². The minimum Gasteiger partial charge on any atom is 0 e. The number of hydrogen-bond acceptors (Lipinski definition) is 0. The molecule has 8 heavy (non-hydrogen) atoms. The van der Waals surface area contributed by atoms with Crippen LogP contribution in [0.15, 0.2) is 0 Å². The van der Waals surface area contributed by atoms with Crippen LogP contribution in [-0.4, -0.2) is 18.9 Å². The molecule has 0 aliphatic carbocycles. The molecular weight excluding hydrogens is 752 g/mol. The van der Waals surface area contributed by atoms with Crippen molar-refractivity contribution in [3.63, 3.8) is 0 Å². The summed E-state index contributed by atoms with van der Waals surface area (Å²) in [6.45, 7) is 0. The SMILES string of the molecule is [Li].[Pd].[Pd].[Pd].[Pd].[Pd].[Pd].[Pd]. The molecule has 8 heteroatoms. The minimum absolute atomic E-state index is 0. The van der Waals surface area contributed by atoms with Crippen LogP contribution in [0.2, 0.25) is 0 Å². The molecule has 0 saturated carbocycles. The van der Waals surface area contributed by atoms with Gasteiger partial charge >= 0.3 is 0 Å². The molecule has 0 unspecified atom stereocenters. The molecule has 1 radical (unpaired) electrons. The summed E-state index contributed by atoms with van der Waals surface area (Å²) < 4.78 is 0. The Morgan fingerprint density at radius 3 is 0.250 bits per heavy atom. The van der Waals surface area contributed by atoms with Gasteiger partial charge in [0.05, 0.1) is 0 Å². The van der Waals surface area contributed by atoms with E-state index >= 15 is 0 Å². The fraction of sp³-hybridized carbons (Fsp3) is 0. The molecule has 0 aromatic heterocycles. The van der Waals surface area contributed by atoms with Gasteiger partial charge in [-0.1, -0.05) is 0 Å². The maximum Gasteiger partial charge on any atom is 0 e. The predicted molar refractivity (Wildman–Crippen MR) is 5.75 cm³/mol. The Morgan fingerprint density at radius 1 is 0.250 bits per heavy atom. The Kier molecular flexibility index (Phi) is 509. The largest absolute Gasteiger partial charge is 0 e. The normalized spacial score (nSPS) is 0. The minimum atomic E-state index is 0. The zero-order valence-corrected chi connectivity index (χ0v) is 14.1. The van der Waals surface area contributed by atoms with E-state index in [0.717, 1.165) is 0 Å². The predicted octanol–water partition coefficient (Wildman–Crippen LogP) is -0.398. The van der Waals surface area contributed by atoms with Crippen LogP contribution in [0.25, 0.3) is 0 Å². The van der Waals surface area contributed by atoms with Gasteiger partial charge in [0.1, 0.15) is 0 Å². The first-order valence-electron chi connectivity index (χ1n) is 0. The van der Waals surface area contributed by atoms with E-state index in [1.54, 1.807) is 0 Å². The summed E-state index contributed by atoms with van der Waals surface area (Å²) in [6, 6.07) is 0. The molecule has 0 aromatic rings. The van der Waals surface area contributed by atoms with Crippen LogP contribution in [0.3, 0.4) is 0 Å². The molecule has 0 atom stereocenters. The summed E-state index contributed by atoms with van der Waals surface area (Å²) in [5, 5.41) is 0. The first-order chi connectivity index (χ1) is 0. The van der Waals surface area contributed by atoms with Crippen molar-refractivity contribution in [1.82, 2.24) is 0 Å². The van der Waals surface area contributed by atoms with Gasteiger partial charge in [-0.15, -0.1) is 0 Å². The van der Waals surface area contributed by atoms with E-state index in [4.69, 9.17) is 0 Å². The van der Waals surface area contributed by atoms with E-state index in [1.165, 1.54) is 0 Å². The van der Waals surface area contributed by atoms with Crippen LogP contribution >= 0.6 is 0 Å². The average molecular weight is 752 g/mol. The van der Waals surface area contributed by atoms with Crippen molar-refractivity contribution in [1.29, 1.82) is 0 Å². The molecule has 0 rings (SSSR count). The molecule has 0 heterocycles. The third kappa shape index (κ3) is 43.0. The van der Waals surface area contributed by atoms with Gasteiger partial charge in [0.15, 0.2) is 0 Å². The van der Waals surface area contributed by atoms with Crippen LogP contribution in [0.4, 0.5) is 0 Å². The van der Waals surface area contributed by atoms with Gasteiger partial charge in [0.25, 0.3) is 0 Å². The van der Waals surface area contributed by atoms with E-state index in [2.05, 4.69) is 0 Å². The van der Waals surface area contributed by atoms with Gasteiger partial charge in [-0.2, -0.15) is 0 Å². The second-order valence-electron chi connectivity index (χ2n) is 0. The van der Waals surface area contributed by atoms with Gasteiger partial charge in [0, 0.05) is 162 Å². The van der Waals surface area contributed by atoms with E-state index < -0.39 is 0 Å². The van der Waals surface area contributed by atoms with Gasteiger partial charge in [-0.3, -0.25) is 0 Å². The van der Waals surface area contributed by atoms with Gasteiger partial charge in [0.2, 0.25) is 0 Å². The second kappa shape index (κ2) is 56.4. The van der Waals surface area contributed by atoms with Crippen molar-refractivity contribution < 1.29 is 143 Å². The third-order valence-electron chi connectivity index (χ3n) is 0. The summed E-state index contributed by atoms with van der Waals surface area (Å²) in [6.07, 6.45) is 0. The van der Waals surface area contributed by atoms with Crippen molar-refractivity contribution >= 4 is 18.9 Å². The molecular formula is LiPd7. The Morgan fingerprint density at radius 2 is 0.250 bits per heavy atom. The van der Waals surface area contributed by atoms with E-state index in [-0.39, 0.29) is 162 Å². The molecule has 71 valence electrons. The first kappa shape index (κ1) is 72.3. The molecule has 0 fully saturated rings. The van der Waals surface area contributed by atoms with Crippen LogP contribution in [0.5, 0.6) is 0 Å². The van der Waals surface area contributed by atoms with Gasteiger partial charge < -0.3 is 0 Å². The van der Waals surface area contributed by atoms with Crippen molar-refractivity contribution in [3.05, 3.63) is 0 Å². The maximum absolute atomic E-state index is 0. The molecule has 0 amide bonds. The summed E-state index contributed by atoms with van der Waals surface area (Å²) in [5.41, 5.74) is 0. The summed E-state index contributed by atoms with van der Waals surface area (Å²) >= 11 is 0. The van der Waals surface area contributed by atoms with E-state index in [1.807, 2.05) is 0 Å². The third-order valence-corrected chi connectivity index (χ3v) is 0. The summed E-state index contributed by atoms with van der Waals surface area (Å²) in [5.74, 6) is 0. The van der Waals surface area contributed by atoms with Crippen molar-refractivity contribution in [2.24, 2.45) is 0 Å². The average Bonchev–Trinajstić information content (AvgIpc) is 0. The quantitative estimate of drug-likeness (QED) is 0.296. The molecule has 0 aliphatic heterocycles. The number of hydrogen-bond donors (Lipinski definition) is 0. The van der Waals surface area contributed by atoms with E-state index in [9.17, 15) is 0 Å². The van der Waals surface area contributed by atoms with Crippen molar-refractivity contribution in [2.75, 3.05) is 0 Å². The Hall–Kier alpha value is 5.23. The van der Waals surface area contributed by atoms with E-state index in [0.29, 0.717) is 0 Å². The Balaban J connectivity index is 0. The molecule has 0 spiro atoms. The van der Waals surface area contributed by atoms with Crippen LogP contribution in [0.1, 0.15) is 0 Å². The smallest absolute Gasteiger partial charge is 0 e. The van der Waals surface area contributed by atoms with Gasteiger partial charge in [-0.25, -0.2) is 0 Å². The standard InChI is InChI=1S/Li.7Pd. The molecule has 0 N–H and O–H groups in total. The molecule has 0 saturated heterocycles. The second-order valence-corrected chi connectivity index (χ2v) is 0. The van der Waals surface area contributed by atoms with Crippen LogP contribution in [0, 0.1) is 0 Å². The molecule has 0 aromatic carbocycles. The van der Waals surface area contributed by atoms with Crippen molar-refractivity contribution in [2.45, 2.75) is 0 Å². The number of rotatable bonds is 0. The van der Waals surface area contributed by atoms with Gasteiger partial charge in [-0.05, 0) is 0 Å². The molecule has 0 bridgehead atoms. The molecule has 0 aliphatic rings. The Labute approximate surface area is 158 Å². The topological polar surface area (TPSA) is 0 Å². The first-order valence-corrected chi connectivity index (χ1v) is 0. The fourth-order valence-corrected chi connectivity index (χ4v) is 0. The summed E-state index contributed by atoms with van der Waals surface area (Å²) in [7, 11) is 0. The zero-order chi connectivity index (χ0) is 0. The van der Waals surface area contributed by atoms with Crippen molar-refractivity contribution in [3.8, 4) is 0 Å².